The number of piperidine rings is 1. The second-order valence-electron chi connectivity index (χ2n) is 4.72. The first kappa shape index (κ1) is 10.7. The van der Waals surface area contributed by atoms with Crippen LogP contribution in [0.5, 0.6) is 0 Å². The zero-order valence-corrected chi connectivity index (χ0v) is 9.34. The smallest absolute Gasteiger partial charge is 0.407 e. The Labute approximate surface area is 90.8 Å². The summed E-state index contributed by atoms with van der Waals surface area (Å²) in [6.45, 7) is 4.78. The van der Waals surface area contributed by atoms with Crippen LogP contribution in [0.2, 0.25) is 0 Å². The molecule has 1 aliphatic carbocycles. The fourth-order valence-electron chi connectivity index (χ4n) is 2.69. The molecule has 15 heavy (non-hydrogen) atoms. The lowest BCUT2D eigenvalue weighted by Gasteiger charge is -2.49. The minimum Gasteiger partial charge on any atom is -0.446 e. The molecule has 86 valence electrons. The van der Waals surface area contributed by atoms with Crippen LogP contribution in [0.3, 0.4) is 0 Å². The van der Waals surface area contributed by atoms with Crippen LogP contribution in [0, 0.1) is 5.41 Å². The third-order valence-corrected chi connectivity index (χ3v) is 3.58. The van der Waals surface area contributed by atoms with Gasteiger partial charge in [0.15, 0.2) is 0 Å². The highest BCUT2D eigenvalue weighted by atomic mass is 16.6. The number of amides is 1. The Bertz CT molecular complexity index is 229. The van der Waals surface area contributed by atoms with Gasteiger partial charge in [-0.2, -0.15) is 0 Å². The zero-order chi connectivity index (χ0) is 10.7. The van der Waals surface area contributed by atoms with Crippen molar-refractivity contribution in [3.05, 3.63) is 0 Å². The van der Waals surface area contributed by atoms with Gasteiger partial charge in [-0.25, -0.2) is 4.79 Å². The van der Waals surface area contributed by atoms with Crippen LogP contribution < -0.4 is 10.6 Å². The normalized spacial score (nSPS) is 24.6. The van der Waals surface area contributed by atoms with E-state index in [1.165, 1.54) is 12.8 Å². The fraction of sp³-hybridized carbons (Fsp3) is 0.909. The van der Waals surface area contributed by atoms with E-state index in [-0.39, 0.29) is 12.2 Å². The number of nitrogens with one attached hydrogen (secondary N) is 2. The van der Waals surface area contributed by atoms with Gasteiger partial charge in [0.2, 0.25) is 0 Å². The fourth-order valence-corrected chi connectivity index (χ4v) is 2.69. The molecule has 1 amide bonds. The Morgan fingerprint density at radius 1 is 1.47 bits per heavy atom. The quantitative estimate of drug-likeness (QED) is 0.724. The second-order valence-corrected chi connectivity index (χ2v) is 4.72. The molecule has 2 N–H and O–H groups in total. The van der Waals surface area contributed by atoms with Crippen LogP contribution in [0.4, 0.5) is 4.79 Å². The average Bonchev–Trinajstić information content (AvgIpc) is 2.17. The zero-order valence-electron chi connectivity index (χ0n) is 9.34. The third kappa shape index (κ3) is 2.43. The Balaban J connectivity index is 1.70. The Kier molecular flexibility index (Phi) is 3.14. The highest BCUT2D eigenvalue weighted by Crippen LogP contribution is 2.49. The lowest BCUT2D eigenvalue weighted by Crippen LogP contribution is -2.50. The summed E-state index contributed by atoms with van der Waals surface area (Å²) < 4.78 is 5.28. The van der Waals surface area contributed by atoms with Crippen molar-refractivity contribution in [2.45, 2.75) is 38.7 Å². The highest BCUT2D eigenvalue weighted by Gasteiger charge is 2.46. The topological polar surface area (TPSA) is 50.4 Å². The van der Waals surface area contributed by atoms with Crippen molar-refractivity contribution in [1.29, 1.82) is 0 Å². The van der Waals surface area contributed by atoms with E-state index in [0.717, 1.165) is 25.9 Å². The van der Waals surface area contributed by atoms with Crippen LogP contribution in [0.15, 0.2) is 0 Å². The first-order chi connectivity index (χ1) is 7.24. The van der Waals surface area contributed by atoms with Crippen molar-refractivity contribution in [2.75, 3.05) is 19.6 Å². The van der Waals surface area contributed by atoms with E-state index in [2.05, 4.69) is 10.6 Å². The summed E-state index contributed by atoms with van der Waals surface area (Å²) in [5.41, 5.74) is 0.489. The van der Waals surface area contributed by atoms with Gasteiger partial charge in [-0.05, 0) is 51.1 Å². The van der Waals surface area contributed by atoms with E-state index in [1.54, 1.807) is 0 Å². The first-order valence-electron chi connectivity index (χ1n) is 5.89. The minimum absolute atomic E-state index is 0.162. The molecular formula is C11H20N2O2. The van der Waals surface area contributed by atoms with Gasteiger partial charge in [-0.3, -0.25) is 0 Å². The molecule has 2 rings (SSSR count). The average molecular weight is 212 g/mol. The van der Waals surface area contributed by atoms with E-state index in [9.17, 15) is 4.79 Å². The van der Waals surface area contributed by atoms with Crippen molar-refractivity contribution < 1.29 is 9.53 Å². The predicted octanol–water partition coefficient (Wildman–Crippen LogP) is 1.26. The molecule has 1 aliphatic heterocycles. The number of ether oxygens (including phenoxy) is 1. The predicted molar refractivity (Wildman–Crippen MR) is 57.7 cm³/mol. The number of rotatable bonds is 2. The summed E-state index contributed by atoms with van der Waals surface area (Å²) >= 11 is 0. The summed E-state index contributed by atoms with van der Waals surface area (Å²) in [4.78, 5) is 11.2. The minimum atomic E-state index is -0.258. The van der Waals surface area contributed by atoms with E-state index < -0.39 is 0 Å². The molecule has 1 saturated heterocycles. The molecule has 1 heterocycles. The van der Waals surface area contributed by atoms with Gasteiger partial charge in [0.05, 0.1) is 0 Å². The summed E-state index contributed by atoms with van der Waals surface area (Å²) in [5, 5.41) is 6.03. The van der Waals surface area contributed by atoms with E-state index >= 15 is 0 Å². The van der Waals surface area contributed by atoms with Gasteiger partial charge in [-0.1, -0.05) is 0 Å². The van der Waals surface area contributed by atoms with E-state index in [0.29, 0.717) is 12.0 Å². The van der Waals surface area contributed by atoms with Crippen molar-refractivity contribution in [3.63, 3.8) is 0 Å². The highest BCUT2D eigenvalue weighted by molar-refractivity contribution is 5.67. The molecule has 0 aromatic heterocycles. The van der Waals surface area contributed by atoms with Gasteiger partial charge >= 0.3 is 6.09 Å². The van der Waals surface area contributed by atoms with Crippen molar-refractivity contribution in [2.24, 2.45) is 5.41 Å². The van der Waals surface area contributed by atoms with E-state index in [4.69, 9.17) is 4.74 Å². The maximum absolute atomic E-state index is 11.2. The molecule has 2 fully saturated rings. The number of carbonyl (C=O) groups excluding carboxylic acids is 1. The van der Waals surface area contributed by atoms with Crippen LogP contribution in [-0.4, -0.2) is 31.8 Å². The molecule has 0 bridgehead atoms. The standard InChI is InChI=1S/C11H20N2O2/c1-2-13-10(14)15-9-7-11(8-9)3-5-12-6-4-11/h9,12H,2-8H2,1H3,(H,13,14). The summed E-state index contributed by atoms with van der Waals surface area (Å²) in [5.74, 6) is 0. The molecule has 1 spiro atoms. The summed E-state index contributed by atoms with van der Waals surface area (Å²) in [7, 11) is 0. The Morgan fingerprint density at radius 2 is 2.13 bits per heavy atom. The SMILES string of the molecule is CCNC(=O)OC1CC2(CCNCC2)C1. The maximum atomic E-state index is 11.2. The van der Waals surface area contributed by atoms with E-state index in [1.807, 2.05) is 6.92 Å². The van der Waals surface area contributed by atoms with Crippen molar-refractivity contribution in [3.8, 4) is 0 Å². The third-order valence-electron chi connectivity index (χ3n) is 3.58. The number of carbonyl (C=O) groups is 1. The van der Waals surface area contributed by atoms with Crippen LogP contribution in [0.25, 0.3) is 0 Å². The number of hydrogen-bond acceptors (Lipinski definition) is 3. The number of hydrogen-bond donors (Lipinski definition) is 2. The molecule has 4 nitrogen and oxygen atoms in total. The van der Waals surface area contributed by atoms with Gasteiger partial charge in [0.1, 0.15) is 6.10 Å². The van der Waals surface area contributed by atoms with Crippen LogP contribution in [-0.2, 0) is 4.74 Å². The molecule has 0 radical (unpaired) electrons. The van der Waals surface area contributed by atoms with Crippen LogP contribution in [0.1, 0.15) is 32.6 Å². The van der Waals surface area contributed by atoms with Crippen molar-refractivity contribution >= 4 is 6.09 Å². The molecular weight excluding hydrogens is 192 g/mol. The second kappa shape index (κ2) is 4.39. The van der Waals surface area contributed by atoms with Gasteiger partial charge < -0.3 is 15.4 Å². The largest absolute Gasteiger partial charge is 0.446 e. The molecule has 0 aromatic rings. The molecule has 1 saturated carbocycles. The number of alkyl carbamates (subject to hydrolysis) is 1. The monoisotopic (exact) mass is 212 g/mol. The summed E-state index contributed by atoms with van der Waals surface area (Å²) in [6.07, 6.45) is 4.50. The van der Waals surface area contributed by atoms with Gasteiger partial charge in [0, 0.05) is 6.54 Å². The molecule has 0 unspecified atom stereocenters. The Hall–Kier alpha value is -0.770. The summed E-state index contributed by atoms with van der Waals surface area (Å²) in [6, 6.07) is 0. The van der Waals surface area contributed by atoms with Gasteiger partial charge in [0.25, 0.3) is 0 Å². The van der Waals surface area contributed by atoms with Crippen LogP contribution >= 0.6 is 0 Å². The molecule has 0 aromatic carbocycles. The molecule has 0 atom stereocenters. The molecule has 4 heteroatoms. The lowest BCUT2D eigenvalue weighted by molar-refractivity contribution is -0.0574. The Morgan fingerprint density at radius 3 is 2.73 bits per heavy atom. The van der Waals surface area contributed by atoms with Crippen molar-refractivity contribution in [1.82, 2.24) is 10.6 Å². The lowest BCUT2D eigenvalue weighted by atomic mass is 9.62. The first-order valence-corrected chi connectivity index (χ1v) is 5.89. The maximum Gasteiger partial charge on any atom is 0.407 e. The molecule has 2 aliphatic rings. The van der Waals surface area contributed by atoms with Gasteiger partial charge in [-0.15, -0.1) is 0 Å².